The fourth-order valence-electron chi connectivity index (χ4n) is 2.24. The van der Waals surface area contributed by atoms with Crippen LogP contribution in [0.1, 0.15) is 12.8 Å². The van der Waals surface area contributed by atoms with Crippen molar-refractivity contribution in [1.29, 1.82) is 0 Å². The van der Waals surface area contributed by atoms with Gasteiger partial charge in [-0.2, -0.15) is 0 Å². The minimum Gasteiger partial charge on any atom is -0.316 e. The van der Waals surface area contributed by atoms with Crippen molar-refractivity contribution in [2.45, 2.75) is 19.3 Å². The summed E-state index contributed by atoms with van der Waals surface area (Å²) in [6.07, 6.45) is 0.00738. The highest BCUT2D eigenvalue weighted by Crippen LogP contribution is 2.34. The van der Waals surface area contributed by atoms with Crippen molar-refractivity contribution in [3.63, 3.8) is 0 Å². The molecule has 0 amide bonds. The maximum absolute atomic E-state index is 12.1. The molecule has 13 heavy (non-hydrogen) atoms. The lowest BCUT2D eigenvalue weighted by Crippen LogP contribution is -2.58. The van der Waals surface area contributed by atoms with E-state index in [1.807, 2.05) is 4.90 Å². The second-order valence-corrected chi connectivity index (χ2v) is 4.30. The van der Waals surface area contributed by atoms with Crippen LogP contribution in [-0.4, -0.2) is 44.0 Å². The molecular formula is C9H16F2N2. The summed E-state index contributed by atoms with van der Waals surface area (Å²) in [5.74, 6) is 0. The van der Waals surface area contributed by atoms with Crippen LogP contribution in [0.25, 0.3) is 0 Å². The van der Waals surface area contributed by atoms with Gasteiger partial charge < -0.3 is 5.32 Å². The molecule has 0 aliphatic carbocycles. The van der Waals surface area contributed by atoms with E-state index < -0.39 is 6.43 Å². The lowest BCUT2D eigenvalue weighted by molar-refractivity contribution is 0.0210. The first-order valence-electron chi connectivity index (χ1n) is 4.91. The zero-order valence-electron chi connectivity index (χ0n) is 7.73. The van der Waals surface area contributed by atoms with Crippen molar-refractivity contribution in [3.8, 4) is 0 Å². The highest BCUT2D eigenvalue weighted by atomic mass is 19.3. The zero-order chi connectivity index (χ0) is 9.31. The van der Waals surface area contributed by atoms with Crippen molar-refractivity contribution in [2.24, 2.45) is 5.41 Å². The van der Waals surface area contributed by atoms with Gasteiger partial charge in [0, 0.05) is 13.1 Å². The van der Waals surface area contributed by atoms with Gasteiger partial charge in [-0.05, 0) is 31.3 Å². The van der Waals surface area contributed by atoms with Crippen molar-refractivity contribution < 1.29 is 8.78 Å². The maximum Gasteiger partial charge on any atom is 0.251 e. The number of alkyl halides is 2. The number of nitrogens with one attached hydrogen (secondary N) is 1. The van der Waals surface area contributed by atoms with Gasteiger partial charge in [0.2, 0.25) is 0 Å². The van der Waals surface area contributed by atoms with Crippen LogP contribution in [0.2, 0.25) is 0 Å². The lowest BCUT2D eigenvalue weighted by atomic mass is 9.73. The number of halogens is 2. The highest BCUT2D eigenvalue weighted by Gasteiger charge is 2.39. The summed E-state index contributed by atoms with van der Waals surface area (Å²) in [7, 11) is 0. The van der Waals surface area contributed by atoms with Gasteiger partial charge in [-0.15, -0.1) is 0 Å². The molecule has 0 radical (unpaired) electrons. The van der Waals surface area contributed by atoms with E-state index in [4.69, 9.17) is 0 Å². The molecule has 0 aromatic rings. The summed E-state index contributed by atoms with van der Waals surface area (Å²) in [5, 5.41) is 3.26. The number of rotatable bonds is 2. The Labute approximate surface area is 77.3 Å². The number of piperidine rings is 1. The van der Waals surface area contributed by atoms with Crippen molar-refractivity contribution in [3.05, 3.63) is 0 Å². The maximum atomic E-state index is 12.1. The Hall–Kier alpha value is -0.220. The van der Waals surface area contributed by atoms with Gasteiger partial charge in [-0.25, -0.2) is 8.78 Å². The van der Waals surface area contributed by atoms with Gasteiger partial charge in [0.25, 0.3) is 6.43 Å². The van der Waals surface area contributed by atoms with Crippen molar-refractivity contribution in [1.82, 2.24) is 10.2 Å². The number of hydrogen-bond donors (Lipinski definition) is 1. The van der Waals surface area contributed by atoms with E-state index in [0.29, 0.717) is 5.41 Å². The predicted octanol–water partition coefficient (Wildman–Crippen LogP) is 0.937. The molecule has 1 N–H and O–H groups in total. The smallest absolute Gasteiger partial charge is 0.251 e. The Morgan fingerprint density at radius 1 is 1.23 bits per heavy atom. The first-order valence-corrected chi connectivity index (χ1v) is 4.91. The molecule has 2 rings (SSSR count). The van der Waals surface area contributed by atoms with E-state index >= 15 is 0 Å². The van der Waals surface area contributed by atoms with Crippen LogP contribution in [0.4, 0.5) is 8.78 Å². The minimum atomic E-state index is -2.17. The topological polar surface area (TPSA) is 15.3 Å². The van der Waals surface area contributed by atoms with Gasteiger partial charge >= 0.3 is 0 Å². The second kappa shape index (κ2) is 3.50. The van der Waals surface area contributed by atoms with Gasteiger partial charge in [-0.3, -0.25) is 4.90 Å². The Balaban J connectivity index is 1.76. The Kier molecular flexibility index (Phi) is 2.51. The van der Waals surface area contributed by atoms with Gasteiger partial charge in [0.15, 0.2) is 0 Å². The monoisotopic (exact) mass is 190 g/mol. The summed E-state index contributed by atoms with van der Waals surface area (Å²) in [6, 6.07) is 0. The number of hydrogen-bond acceptors (Lipinski definition) is 2. The number of likely N-dealkylation sites (tertiary alicyclic amines) is 1. The molecule has 2 fully saturated rings. The molecule has 4 heteroatoms. The fraction of sp³-hybridized carbons (Fsp3) is 1.00. The molecule has 0 aromatic carbocycles. The first kappa shape index (κ1) is 9.34. The van der Waals surface area contributed by atoms with Crippen LogP contribution in [0.15, 0.2) is 0 Å². The van der Waals surface area contributed by atoms with E-state index in [1.165, 1.54) is 0 Å². The molecule has 2 heterocycles. The molecule has 0 aromatic heterocycles. The zero-order valence-corrected chi connectivity index (χ0v) is 7.73. The quantitative estimate of drug-likeness (QED) is 0.697. The third-order valence-electron chi connectivity index (χ3n) is 3.31. The van der Waals surface area contributed by atoms with E-state index in [9.17, 15) is 8.78 Å². The van der Waals surface area contributed by atoms with Gasteiger partial charge in [0.1, 0.15) is 0 Å². The summed E-state index contributed by atoms with van der Waals surface area (Å²) < 4.78 is 24.1. The molecule has 0 bridgehead atoms. The fourth-order valence-corrected chi connectivity index (χ4v) is 2.24. The van der Waals surface area contributed by atoms with Gasteiger partial charge in [0.05, 0.1) is 6.54 Å². The number of nitrogens with zero attached hydrogens (tertiary/aromatic N) is 1. The van der Waals surface area contributed by atoms with E-state index in [2.05, 4.69) is 5.32 Å². The predicted molar refractivity (Wildman–Crippen MR) is 47.0 cm³/mol. The molecule has 2 aliphatic rings. The van der Waals surface area contributed by atoms with Crippen LogP contribution in [0.5, 0.6) is 0 Å². The third kappa shape index (κ3) is 1.99. The largest absolute Gasteiger partial charge is 0.316 e. The molecular weight excluding hydrogens is 174 g/mol. The summed E-state index contributed by atoms with van der Waals surface area (Å²) in [4.78, 5) is 1.88. The Morgan fingerprint density at radius 3 is 2.23 bits per heavy atom. The SMILES string of the molecule is FC(F)CN1CCC2(CC1)CNC2. The van der Waals surface area contributed by atoms with Crippen LogP contribution >= 0.6 is 0 Å². The van der Waals surface area contributed by atoms with Gasteiger partial charge in [-0.1, -0.05) is 0 Å². The molecule has 2 nitrogen and oxygen atoms in total. The molecule has 1 spiro atoms. The Bertz CT molecular complexity index is 170. The average molecular weight is 190 g/mol. The molecule has 2 aliphatic heterocycles. The normalized spacial score (nSPS) is 27.9. The first-order chi connectivity index (χ1) is 6.20. The summed E-state index contributed by atoms with van der Waals surface area (Å²) >= 11 is 0. The Morgan fingerprint density at radius 2 is 1.85 bits per heavy atom. The minimum absolute atomic E-state index is 0.0382. The highest BCUT2D eigenvalue weighted by molar-refractivity contribution is 4.95. The molecule has 0 saturated carbocycles. The summed E-state index contributed by atoms with van der Waals surface area (Å²) in [6.45, 7) is 3.85. The second-order valence-electron chi connectivity index (χ2n) is 4.30. The van der Waals surface area contributed by atoms with Crippen molar-refractivity contribution in [2.75, 3.05) is 32.7 Å². The van der Waals surface area contributed by atoms with Crippen LogP contribution in [0.3, 0.4) is 0 Å². The molecule has 2 saturated heterocycles. The van der Waals surface area contributed by atoms with E-state index in [-0.39, 0.29) is 6.54 Å². The van der Waals surface area contributed by atoms with E-state index in [0.717, 1.165) is 39.0 Å². The molecule has 0 unspecified atom stereocenters. The molecule has 0 atom stereocenters. The standard InChI is InChI=1S/C9H16F2N2/c10-8(11)5-13-3-1-9(2-4-13)6-12-7-9/h8,12H,1-7H2. The van der Waals surface area contributed by atoms with Crippen LogP contribution in [-0.2, 0) is 0 Å². The lowest BCUT2D eigenvalue weighted by Gasteiger charge is -2.48. The molecule has 76 valence electrons. The van der Waals surface area contributed by atoms with Crippen LogP contribution < -0.4 is 5.32 Å². The average Bonchev–Trinajstić information content (AvgIpc) is 2.02. The van der Waals surface area contributed by atoms with Crippen LogP contribution in [0, 0.1) is 5.41 Å². The third-order valence-corrected chi connectivity index (χ3v) is 3.31. The van der Waals surface area contributed by atoms with Crippen molar-refractivity contribution >= 4 is 0 Å². The van der Waals surface area contributed by atoms with E-state index in [1.54, 1.807) is 0 Å². The summed E-state index contributed by atoms with van der Waals surface area (Å²) in [5.41, 5.74) is 0.471.